The lowest BCUT2D eigenvalue weighted by atomic mass is 10.2. The fourth-order valence-electron chi connectivity index (χ4n) is 5.42. The van der Waals surface area contributed by atoms with Crippen LogP contribution in [0.3, 0.4) is 0 Å². The maximum absolute atomic E-state index is 2.57. The molecule has 0 N–H and O–H groups in total. The number of nitrogens with zero attached hydrogens (tertiary/aromatic N) is 4. The summed E-state index contributed by atoms with van der Waals surface area (Å²) in [4.78, 5) is 10.3. The summed E-state index contributed by atoms with van der Waals surface area (Å²) in [7, 11) is 0. The van der Waals surface area contributed by atoms with Crippen LogP contribution in [0.4, 0.5) is 22.7 Å². The summed E-state index contributed by atoms with van der Waals surface area (Å²) < 4.78 is 0. The predicted octanol–water partition coefficient (Wildman–Crippen LogP) is 10.9. The first-order valence-corrected chi connectivity index (χ1v) is 18.1. The second kappa shape index (κ2) is 26.3. The predicted molar refractivity (Wildman–Crippen MR) is 209 cm³/mol. The van der Waals surface area contributed by atoms with E-state index in [0.29, 0.717) is 0 Å². The van der Waals surface area contributed by atoms with Gasteiger partial charge in [-0.25, -0.2) is 0 Å². The third-order valence-electron chi connectivity index (χ3n) is 7.48. The maximum Gasteiger partial charge on any atom is 0.0366 e. The van der Waals surface area contributed by atoms with Gasteiger partial charge >= 0.3 is 0 Å². The highest BCUT2D eigenvalue weighted by Crippen LogP contribution is 2.21. The molecule has 46 heavy (non-hydrogen) atoms. The Morgan fingerprint density at radius 3 is 0.609 bits per heavy atom. The smallest absolute Gasteiger partial charge is 0.0366 e. The van der Waals surface area contributed by atoms with Gasteiger partial charge in [0.1, 0.15) is 0 Å². The van der Waals surface area contributed by atoms with Gasteiger partial charge in [0.25, 0.3) is 0 Å². The van der Waals surface area contributed by atoms with Gasteiger partial charge in [-0.1, -0.05) is 128 Å². The van der Waals surface area contributed by atoms with Crippen LogP contribution < -0.4 is 19.6 Å². The highest BCUT2D eigenvalue weighted by Gasteiger charge is 2.16. The van der Waals surface area contributed by atoms with E-state index in [4.69, 9.17) is 0 Å². The van der Waals surface area contributed by atoms with Crippen molar-refractivity contribution in [2.75, 3.05) is 72.0 Å². The van der Waals surface area contributed by atoms with Crippen molar-refractivity contribution < 1.29 is 0 Å². The third kappa shape index (κ3) is 14.0. The first kappa shape index (κ1) is 40.1. The molecule has 4 aromatic rings. The van der Waals surface area contributed by atoms with E-state index >= 15 is 0 Å². The maximum atomic E-state index is 2.57. The SMILES string of the molecule is CC.CC.CC.CC.c1ccc(N2CCCN(c3ccccc3)CCN(c3ccccc3)CCCN(c3ccccc3)CC2)cc1. The second-order valence-electron chi connectivity index (χ2n) is 10.00. The van der Waals surface area contributed by atoms with Gasteiger partial charge in [0.05, 0.1) is 0 Å². The van der Waals surface area contributed by atoms with E-state index in [1.165, 1.54) is 22.7 Å². The number of anilines is 4. The summed E-state index contributed by atoms with van der Waals surface area (Å²) >= 11 is 0. The van der Waals surface area contributed by atoms with Gasteiger partial charge in [-0.05, 0) is 61.4 Å². The molecule has 0 amide bonds. The molecule has 5 rings (SSSR count). The van der Waals surface area contributed by atoms with E-state index in [1.807, 2.05) is 55.4 Å². The van der Waals surface area contributed by atoms with Gasteiger partial charge in [-0.3, -0.25) is 0 Å². The van der Waals surface area contributed by atoms with Gasteiger partial charge in [0.15, 0.2) is 0 Å². The summed E-state index contributed by atoms with van der Waals surface area (Å²) in [5.41, 5.74) is 5.26. The minimum atomic E-state index is 1.01. The van der Waals surface area contributed by atoms with Crippen molar-refractivity contribution in [1.82, 2.24) is 0 Å². The van der Waals surface area contributed by atoms with Crippen LogP contribution in [0.2, 0.25) is 0 Å². The van der Waals surface area contributed by atoms with Crippen LogP contribution in [0.1, 0.15) is 68.2 Å². The van der Waals surface area contributed by atoms with Gasteiger partial charge < -0.3 is 19.6 Å². The van der Waals surface area contributed by atoms with Crippen molar-refractivity contribution >= 4 is 22.7 Å². The van der Waals surface area contributed by atoms with Crippen molar-refractivity contribution in [2.24, 2.45) is 0 Å². The summed E-state index contributed by atoms with van der Waals surface area (Å²) in [5.74, 6) is 0. The van der Waals surface area contributed by atoms with Crippen LogP contribution in [0, 0.1) is 0 Å². The Kier molecular flexibility index (Phi) is 22.9. The van der Waals surface area contributed by atoms with Crippen molar-refractivity contribution in [3.05, 3.63) is 121 Å². The molecular formula is C42H64N4. The average Bonchev–Trinajstić information content (AvgIpc) is 3.17. The van der Waals surface area contributed by atoms with Crippen molar-refractivity contribution in [2.45, 2.75) is 68.2 Å². The van der Waals surface area contributed by atoms with E-state index in [0.717, 1.165) is 65.2 Å². The lowest BCUT2D eigenvalue weighted by Gasteiger charge is -2.35. The average molecular weight is 625 g/mol. The first-order chi connectivity index (χ1) is 22.9. The zero-order valence-corrected chi connectivity index (χ0v) is 30.4. The lowest BCUT2D eigenvalue weighted by Crippen LogP contribution is -2.41. The summed E-state index contributed by atoms with van der Waals surface area (Å²) in [6, 6.07) is 43.7. The van der Waals surface area contributed by atoms with Crippen LogP contribution in [0.25, 0.3) is 0 Å². The summed E-state index contributed by atoms with van der Waals surface area (Å²) in [6.07, 6.45) is 2.22. The van der Waals surface area contributed by atoms with Crippen molar-refractivity contribution in [1.29, 1.82) is 0 Å². The molecule has 0 radical (unpaired) electrons. The topological polar surface area (TPSA) is 13.0 Å². The molecule has 1 fully saturated rings. The molecule has 4 aromatic carbocycles. The Morgan fingerprint density at radius 1 is 0.261 bits per heavy atom. The summed E-state index contributed by atoms with van der Waals surface area (Å²) in [5, 5.41) is 0. The van der Waals surface area contributed by atoms with E-state index in [-0.39, 0.29) is 0 Å². The molecule has 4 nitrogen and oxygen atoms in total. The molecule has 1 aliphatic rings. The molecule has 1 saturated heterocycles. The highest BCUT2D eigenvalue weighted by atomic mass is 15.2. The molecule has 0 aliphatic carbocycles. The Balaban J connectivity index is 0.00000123. The third-order valence-corrected chi connectivity index (χ3v) is 7.48. The first-order valence-electron chi connectivity index (χ1n) is 18.1. The lowest BCUT2D eigenvalue weighted by molar-refractivity contribution is 0.632. The monoisotopic (exact) mass is 625 g/mol. The van der Waals surface area contributed by atoms with Crippen LogP contribution in [-0.2, 0) is 0 Å². The van der Waals surface area contributed by atoms with E-state index < -0.39 is 0 Å². The number of benzene rings is 4. The molecule has 0 unspecified atom stereocenters. The fourth-order valence-corrected chi connectivity index (χ4v) is 5.42. The Hall–Kier alpha value is -3.92. The van der Waals surface area contributed by atoms with Crippen LogP contribution in [-0.4, -0.2) is 52.4 Å². The van der Waals surface area contributed by atoms with Gasteiger partial charge in [0.2, 0.25) is 0 Å². The molecule has 0 spiro atoms. The molecule has 4 heteroatoms. The van der Waals surface area contributed by atoms with Crippen LogP contribution >= 0.6 is 0 Å². The minimum absolute atomic E-state index is 1.01. The number of hydrogen-bond donors (Lipinski definition) is 0. The molecule has 252 valence electrons. The van der Waals surface area contributed by atoms with Gasteiger partial charge in [-0.15, -0.1) is 0 Å². The second-order valence-corrected chi connectivity index (χ2v) is 10.00. The van der Waals surface area contributed by atoms with E-state index in [9.17, 15) is 0 Å². The van der Waals surface area contributed by atoms with Crippen molar-refractivity contribution in [3.63, 3.8) is 0 Å². The molecular weight excluding hydrogens is 560 g/mol. The van der Waals surface area contributed by atoms with E-state index in [2.05, 4.69) is 141 Å². The van der Waals surface area contributed by atoms with Crippen LogP contribution in [0.15, 0.2) is 121 Å². The summed E-state index contributed by atoms with van der Waals surface area (Å²) in [6.45, 7) is 24.2. The number of para-hydroxylation sites is 4. The largest absolute Gasteiger partial charge is 0.370 e. The van der Waals surface area contributed by atoms with Gasteiger partial charge in [-0.2, -0.15) is 0 Å². The normalized spacial score (nSPS) is 13.9. The Bertz CT molecular complexity index is 994. The zero-order valence-electron chi connectivity index (χ0n) is 30.4. The Labute approximate surface area is 283 Å². The van der Waals surface area contributed by atoms with Gasteiger partial charge in [0, 0.05) is 75.1 Å². The number of rotatable bonds is 4. The minimum Gasteiger partial charge on any atom is -0.370 e. The molecule has 1 aliphatic heterocycles. The molecule has 0 aromatic heterocycles. The quantitative estimate of drug-likeness (QED) is 0.224. The number of hydrogen-bond acceptors (Lipinski definition) is 4. The fraction of sp³-hybridized carbons (Fsp3) is 0.429. The molecule has 1 heterocycles. The molecule has 0 atom stereocenters. The Morgan fingerprint density at radius 2 is 0.435 bits per heavy atom. The van der Waals surface area contributed by atoms with E-state index in [1.54, 1.807) is 0 Å². The standard InChI is InChI=1S/C34H40N4.4C2H6/c1-5-15-31(16-6-1)35-23-13-24-37(33-19-9-3-10-20-33)29-30-38(34-21-11-4-12-22-34)26-14-25-36(28-27-35)32-17-7-2-8-18-32;4*1-2/h1-12,15-22H,13-14,23-30H2;4*1-2H3. The van der Waals surface area contributed by atoms with Crippen molar-refractivity contribution in [3.8, 4) is 0 Å². The van der Waals surface area contributed by atoms with Crippen LogP contribution in [0.5, 0.6) is 0 Å². The molecule has 0 saturated carbocycles. The zero-order chi connectivity index (χ0) is 33.8. The highest BCUT2D eigenvalue weighted by molar-refractivity contribution is 5.51. The molecule has 0 bridgehead atoms.